The van der Waals surface area contributed by atoms with Gasteiger partial charge in [0.15, 0.2) is 0 Å². The van der Waals surface area contributed by atoms with Crippen LogP contribution >= 0.6 is 11.3 Å². The maximum absolute atomic E-state index is 3.40. The molecule has 0 amide bonds. The van der Waals surface area contributed by atoms with Crippen molar-refractivity contribution in [1.82, 2.24) is 5.32 Å². The van der Waals surface area contributed by atoms with E-state index < -0.39 is 0 Å². The third kappa shape index (κ3) is 2.96. The molecule has 1 nitrogen and oxygen atoms in total. The Bertz CT molecular complexity index is 499. The molecular weight excluding hydrogens is 226 g/mol. The van der Waals surface area contributed by atoms with Gasteiger partial charge in [-0.25, -0.2) is 0 Å². The van der Waals surface area contributed by atoms with E-state index in [0.717, 1.165) is 13.1 Å². The molecule has 0 fully saturated rings. The molecule has 17 heavy (non-hydrogen) atoms. The molecule has 1 heterocycles. The first-order chi connectivity index (χ1) is 8.20. The summed E-state index contributed by atoms with van der Waals surface area (Å²) in [4.78, 5) is 1.37. The molecule has 2 rings (SSSR count). The zero-order chi connectivity index (χ0) is 12.3. The number of hydrogen-bond donors (Lipinski definition) is 1. The van der Waals surface area contributed by atoms with Crippen LogP contribution in [0.5, 0.6) is 0 Å². The van der Waals surface area contributed by atoms with Gasteiger partial charge in [-0.1, -0.05) is 30.7 Å². The zero-order valence-corrected chi connectivity index (χ0v) is 11.5. The van der Waals surface area contributed by atoms with Crippen LogP contribution in [0, 0.1) is 13.8 Å². The second-order valence-corrected chi connectivity index (χ2v) is 5.50. The fraction of sp³-hybridized carbons (Fsp3) is 0.333. The van der Waals surface area contributed by atoms with Gasteiger partial charge in [-0.15, -0.1) is 11.3 Å². The summed E-state index contributed by atoms with van der Waals surface area (Å²) in [5, 5.41) is 5.65. The lowest BCUT2D eigenvalue weighted by Crippen LogP contribution is -2.12. The Morgan fingerprint density at radius 3 is 2.65 bits per heavy atom. The first-order valence-electron chi connectivity index (χ1n) is 6.06. The second kappa shape index (κ2) is 5.48. The molecule has 1 aromatic heterocycles. The highest BCUT2D eigenvalue weighted by Crippen LogP contribution is 2.29. The van der Waals surface area contributed by atoms with Crippen molar-refractivity contribution in [1.29, 1.82) is 0 Å². The van der Waals surface area contributed by atoms with Crippen LogP contribution in [-0.4, -0.2) is 6.54 Å². The van der Waals surface area contributed by atoms with Crippen LogP contribution in [0.3, 0.4) is 0 Å². The molecule has 2 heteroatoms. The van der Waals surface area contributed by atoms with E-state index >= 15 is 0 Å². The molecule has 0 unspecified atom stereocenters. The highest BCUT2D eigenvalue weighted by molar-refractivity contribution is 7.10. The van der Waals surface area contributed by atoms with Crippen molar-refractivity contribution < 1.29 is 0 Å². The van der Waals surface area contributed by atoms with Crippen molar-refractivity contribution in [3.63, 3.8) is 0 Å². The highest BCUT2D eigenvalue weighted by atomic mass is 32.1. The number of rotatable bonds is 4. The Labute approximate surface area is 108 Å². The van der Waals surface area contributed by atoms with Crippen molar-refractivity contribution in [3.8, 4) is 11.1 Å². The lowest BCUT2D eigenvalue weighted by Gasteiger charge is -2.10. The Morgan fingerprint density at radius 2 is 2.00 bits per heavy atom. The summed E-state index contributed by atoms with van der Waals surface area (Å²) in [7, 11) is 0. The molecule has 0 aliphatic rings. The van der Waals surface area contributed by atoms with Crippen LogP contribution in [0.15, 0.2) is 29.6 Å². The molecule has 1 N–H and O–H groups in total. The van der Waals surface area contributed by atoms with Crippen LogP contribution in [0.1, 0.15) is 22.9 Å². The van der Waals surface area contributed by atoms with Crippen molar-refractivity contribution >= 4 is 11.3 Å². The summed E-state index contributed by atoms with van der Waals surface area (Å²) >= 11 is 1.82. The van der Waals surface area contributed by atoms with Gasteiger partial charge in [0, 0.05) is 11.4 Å². The molecule has 0 aliphatic heterocycles. The van der Waals surface area contributed by atoms with Gasteiger partial charge in [0.1, 0.15) is 0 Å². The van der Waals surface area contributed by atoms with E-state index in [9.17, 15) is 0 Å². The van der Waals surface area contributed by atoms with Gasteiger partial charge in [-0.3, -0.25) is 0 Å². The van der Waals surface area contributed by atoms with Crippen LogP contribution in [0.25, 0.3) is 11.1 Å². The lowest BCUT2D eigenvalue weighted by molar-refractivity contribution is 0.728. The molecule has 0 radical (unpaired) electrons. The van der Waals surface area contributed by atoms with Crippen LogP contribution in [-0.2, 0) is 6.54 Å². The number of thiophene rings is 1. The van der Waals surface area contributed by atoms with Gasteiger partial charge >= 0.3 is 0 Å². The van der Waals surface area contributed by atoms with Gasteiger partial charge in [-0.05, 0) is 48.5 Å². The third-order valence-corrected chi connectivity index (χ3v) is 3.73. The van der Waals surface area contributed by atoms with Gasteiger partial charge in [0.25, 0.3) is 0 Å². The molecule has 0 atom stereocenters. The molecule has 0 bridgehead atoms. The van der Waals surface area contributed by atoms with Gasteiger partial charge in [0.2, 0.25) is 0 Å². The second-order valence-electron chi connectivity index (χ2n) is 4.39. The number of benzene rings is 1. The number of aryl methyl sites for hydroxylation is 2. The Kier molecular flexibility index (Phi) is 3.97. The fourth-order valence-electron chi connectivity index (χ4n) is 1.96. The minimum absolute atomic E-state index is 0.945. The Balaban J connectivity index is 2.39. The minimum atomic E-state index is 0.945. The number of hydrogen-bond acceptors (Lipinski definition) is 2. The first kappa shape index (κ1) is 12.3. The predicted molar refractivity (Wildman–Crippen MR) is 76.6 cm³/mol. The van der Waals surface area contributed by atoms with E-state index in [4.69, 9.17) is 0 Å². The molecule has 0 aliphatic carbocycles. The van der Waals surface area contributed by atoms with Crippen molar-refractivity contribution in [3.05, 3.63) is 45.6 Å². The molecule has 90 valence electrons. The normalized spacial score (nSPS) is 10.8. The fourth-order valence-corrected chi connectivity index (χ4v) is 2.66. The van der Waals surface area contributed by atoms with Crippen molar-refractivity contribution in [2.75, 3.05) is 6.54 Å². The van der Waals surface area contributed by atoms with E-state index in [-0.39, 0.29) is 0 Å². The Hall–Kier alpha value is -1.12. The summed E-state index contributed by atoms with van der Waals surface area (Å²) < 4.78 is 0. The smallest absolute Gasteiger partial charge is 0.0211 e. The summed E-state index contributed by atoms with van der Waals surface area (Å²) in [6.07, 6.45) is 0. The third-order valence-electron chi connectivity index (χ3n) is 2.87. The van der Waals surface area contributed by atoms with Crippen LogP contribution in [0.2, 0.25) is 0 Å². The van der Waals surface area contributed by atoms with Gasteiger partial charge in [0.05, 0.1) is 0 Å². The SMILES string of the molecule is CCNCc1ccc(C)cc1-c1csc(C)c1. The molecule has 0 spiro atoms. The highest BCUT2D eigenvalue weighted by Gasteiger charge is 2.06. The largest absolute Gasteiger partial charge is 0.313 e. The maximum atomic E-state index is 3.40. The maximum Gasteiger partial charge on any atom is 0.0211 e. The quantitative estimate of drug-likeness (QED) is 0.853. The predicted octanol–water partition coefficient (Wildman–Crippen LogP) is 4.14. The molecule has 0 saturated carbocycles. The van der Waals surface area contributed by atoms with Crippen LogP contribution in [0.4, 0.5) is 0 Å². The summed E-state index contributed by atoms with van der Waals surface area (Å²) in [5.41, 5.74) is 5.43. The Morgan fingerprint density at radius 1 is 1.18 bits per heavy atom. The van der Waals surface area contributed by atoms with E-state index in [1.54, 1.807) is 0 Å². The zero-order valence-electron chi connectivity index (χ0n) is 10.7. The van der Waals surface area contributed by atoms with E-state index in [1.165, 1.54) is 27.1 Å². The molecule has 1 aromatic carbocycles. The lowest BCUT2D eigenvalue weighted by atomic mass is 9.99. The molecule has 0 saturated heterocycles. The van der Waals surface area contributed by atoms with E-state index in [0.29, 0.717) is 0 Å². The standard InChI is InChI=1S/C15H19NS/c1-4-16-9-13-6-5-11(2)7-15(13)14-8-12(3)17-10-14/h5-8,10,16H,4,9H2,1-3H3. The topological polar surface area (TPSA) is 12.0 Å². The summed E-state index contributed by atoms with van der Waals surface area (Å²) in [5.74, 6) is 0. The average Bonchev–Trinajstić information content (AvgIpc) is 2.74. The van der Waals surface area contributed by atoms with Crippen LogP contribution < -0.4 is 5.32 Å². The summed E-state index contributed by atoms with van der Waals surface area (Å²) in [6, 6.07) is 8.98. The first-order valence-corrected chi connectivity index (χ1v) is 6.94. The monoisotopic (exact) mass is 245 g/mol. The molecular formula is C15H19NS. The van der Waals surface area contributed by atoms with E-state index in [1.807, 2.05) is 11.3 Å². The van der Waals surface area contributed by atoms with Crippen molar-refractivity contribution in [2.24, 2.45) is 0 Å². The van der Waals surface area contributed by atoms with Crippen molar-refractivity contribution in [2.45, 2.75) is 27.3 Å². The minimum Gasteiger partial charge on any atom is -0.313 e. The van der Waals surface area contributed by atoms with Gasteiger partial charge in [-0.2, -0.15) is 0 Å². The average molecular weight is 245 g/mol. The molecule has 2 aromatic rings. The summed E-state index contributed by atoms with van der Waals surface area (Å²) in [6.45, 7) is 8.41. The van der Waals surface area contributed by atoms with Gasteiger partial charge < -0.3 is 5.32 Å². The van der Waals surface area contributed by atoms with E-state index in [2.05, 4.69) is 55.7 Å². The number of nitrogens with one attached hydrogen (secondary N) is 1.